The molecule has 0 saturated heterocycles. The summed E-state index contributed by atoms with van der Waals surface area (Å²) in [7, 11) is 1.66. The second-order valence-corrected chi connectivity index (χ2v) is 4.18. The number of methoxy groups -OCH3 is 1. The zero-order chi connectivity index (χ0) is 10.6. The fraction of sp³-hybridized carbons (Fsp3) is 0.364. The molecule has 0 saturated carbocycles. The molecule has 0 fully saturated rings. The first-order valence-corrected chi connectivity index (χ1v) is 5.38. The molecular weight excluding hydrogens is 241 g/mol. The quantitative estimate of drug-likeness (QED) is 0.601. The minimum atomic E-state index is 0.442. The van der Waals surface area contributed by atoms with Crippen molar-refractivity contribution < 1.29 is 4.74 Å². The van der Waals surface area contributed by atoms with E-state index >= 15 is 0 Å². The average molecular weight is 255 g/mol. The SMILES string of the molecule is COc1ccc(N=C([Se])C(C)C)cc1. The zero-order valence-corrected chi connectivity index (χ0v) is 10.4. The summed E-state index contributed by atoms with van der Waals surface area (Å²) >= 11 is 2.97. The molecule has 0 aliphatic rings. The third-order valence-electron chi connectivity index (χ3n) is 1.81. The number of ether oxygens (including phenoxy) is 1. The molecule has 14 heavy (non-hydrogen) atoms. The van der Waals surface area contributed by atoms with Crippen molar-refractivity contribution in [1.82, 2.24) is 0 Å². The van der Waals surface area contributed by atoms with Crippen molar-refractivity contribution in [2.24, 2.45) is 10.9 Å². The Bertz CT molecular complexity index is 317. The van der Waals surface area contributed by atoms with E-state index < -0.39 is 0 Å². The first-order valence-electron chi connectivity index (χ1n) is 4.53. The molecule has 2 nitrogen and oxygen atoms in total. The molecule has 0 heterocycles. The molecule has 1 aromatic carbocycles. The van der Waals surface area contributed by atoms with E-state index in [2.05, 4.69) is 34.9 Å². The molecule has 0 spiro atoms. The van der Waals surface area contributed by atoms with Crippen LogP contribution in [0.4, 0.5) is 5.69 Å². The molecular formula is C11H14NOSe. The summed E-state index contributed by atoms with van der Waals surface area (Å²) in [6.45, 7) is 4.22. The Balaban J connectivity index is 2.83. The van der Waals surface area contributed by atoms with Gasteiger partial charge in [0.05, 0.1) is 0 Å². The summed E-state index contributed by atoms with van der Waals surface area (Å²) in [6, 6.07) is 7.70. The van der Waals surface area contributed by atoms with Crippen LogP contribution in [0.3, 0.4) is 0 Å². The van der Waals surface area contributed by atoms with Gasteiger partial charge in [-0.3, -0.25) is 0 Å². The predicted octanol–water partition coefficient (Wildman–Crippen LogP) is 2.55. The monoisotopic (exact) mass is 256 g/mol. The standard InChI is InChI=1S/C11H14NOSe/c1-8(2)11(14)12-9-4-6-10(13-3)7-5-9/h4-8H,1-3H3. The molecule has 0 amide bonds. The molecule has 0 atom stereocenters. The maximum atomic E-state index is 5.07. The van der Waals surface area contributed by atoms with Crippen LogP contribution in [0.5, 0.6) is 5.75 Å². The van der Waals surface area contributed by atoms with Gasteiger partial charge in [0.2, 0.25) is 0 Å². The van der Waals surface area contributed by atoms with Crippen molar-refractivity contribution in [3.63, 3.8) is 0 Å². The Labute approximate surface area is 93.2 Å². The Morgan fingerprint density at radius 2 is 1.86 bits per heavy atom. The van der Waals surface area contributed by atoms with Crippen LogP contribution >= 0.6 is 0 Å². The second kappa shape index (κ2) is 5.18. The number of rotatable bonds is 3. The molecule has 75 valence electrons. The topological polar surface area (TPSA) is 21.6 Å². The van der Waals surface area contributed by atoms with Crippen molar-refractivity contribution in [3.8, 4) is 5.75 Å². The summed E-state index contributed by atoms with van der Waals surface area (Å²) in [5.74, 6) is 1.30. The van der Waals surface area contributed by atoms with E-state index in [-0.39, 0.29) is 0 Å². The Kier molecular flexibility index (Phi) is 4.18. The predicted molar refractivity (Wildman–Crippen MR) is 60.7 cm³/mol. The molecule has 0 aliphatic carbocycles. The van der Waals surface area contributed by atoms with Gasteiger partial charge in [-0.1, -0.05) is 0 Å². The molecule has 1 rings (SSSR count). The van der Waals surface area contributed by atoms with Crippen LogP contribution < -0.4 is 4.74 Å². The van der Waals surface area contributed by atoms with Crippen LogP contribution in [-0.4, -0.2) is 27.7 Å². The van der Waals surface area contributed by atoms with E-state index in [0.717, 1.165) is 16.0 Å². The number of aliphatic imine (C=N–C) groups is 1. The number of benzene rings is 1. The van der Waals surface area contributed by atoms with E-state index in [1.165, 1.54) is 0 Å². The van der Waals surface area contributed by atoms with Gasteiger partial charge in [-0.2, -0.15) is 0 Å². The summed E-state index contributed by atoms with van der Waals surface area (Å²) in [4.78, 5) is 4.44. The van der Waals surface area contributed by atoms with E-state index in [9.17, 15) is 0 Å². The van der Waals surface area contributed by atoms with Crippen molar-refractivity contribution in [2.45, 2.75) is 13.8 Å². The first kappa shape index (κ1) is 11.3. The molecule has 0 bridgehead atoms. The van der Waals surface area contributed by atoms with Gasteiger partial charge >= 0.3 is 92.9 Å². The van der Waals surface area contributed by atoms with Gasteiger partial charge in [-0.15, -0.1) is 0 Å². The van der Waals surface area contributed by atoms with Gasteiger partial charge in [-0.25, -0.2) is 0 Å². The van der Waals surface area contributed by atoms with E-state index in [0.29, 0.717) is 5.92 Å². The summed E-state index contributed by atoms with van der Waals surface area (Å²) in [5, 5.41) is 0. The number of nitrogens with zero attached hydrogens (tertiary/aromatic N) is 1. The molecule has 0 N–H and O–H groups in total. The second-order valence-electron chi connectivity index (χ2n) is 3.30. The molecule has 0 aliphatic heterocycles. The van der Waals surface area contributed by atoms with Crippen LogP contribution in [0.2, 0.25) is 0 Å². The Hall–Kier alpha value is -0.791. The zero-order valence-electron chi connectivity index (χ0n) is 8.65. The van der Waals surface area contributed by atoms with Crippen LogP contribution in [-0.2, 0) is 0 Å². The van der Waals surface area contributed by atoms with Crippen LogP contribution in [0.1, 0.15) is 13.8 Å². The normalized spacial score (nSPS) is 11.9. The Morgan fingerprint density at radius 3 is 2.29 bits per heavy atom. The van der Waals surface area contributed by atoms with Gasteiger partial charge in [0.25, 0.3) is 0 Å². The van der Waals surface area contributed by atoms with Gasteiger partial charge < -0.3 is 0 Å². The average Bonchev–Trinajstić information content (AvgIpc) is 2.19. The maximum absolute atomic E-state index is 5.07. The van der Waals surface area contributed by atoms with Crippen LogP contribution in [0.25, 0.3) is 0 Å². The fourth-order valence-electron chi connectivity index (χ4n) is 0.913. The first-order chi connectivity index (χ1) is 6.63. The molecule has 0 aromatic heterocycles. The number of hydrogen-bond acceptors (Lipinski definition) is 2. The summed E-state index contributed by atoms with van der Waals surface area (Å²) in [5.41, 5.74) is 0.952. The molecule has 1 aromatic rings. The third-order valence-corrected chi connectivity index (χ3v) is 2.99. The third kappa shape index (κ3) is 3.17. The van der Waals surface area contributed by atoms with Gasteiger partial charge in [0.15, 0.2) is 0 Å². The van der Waals surface area contributed by atoms with E-state index in [1.54, 1.807) is 7.11 Å². The number of hydrogen-bond donors (Lipinski definition) is 0. The summed E-state index contributed by atoms with van der Waals surface area (Å²) in [6.07, 6.45) is 0. The molecule has 0 unspecified atom stereocenters. The molecule has 1 radical (unpaired) electrons. The fourth-order valence-corrected chi connectivity index (χ4v) is 1.13. The van der Waals surface area contributed by atoms with Crippen molar-refractivity contribution in [3.05, 3.63) is 24.3 Å². The van der Waals surface area contributed by atoms with Crippen molar-refractivity contribution in [2.75, 3.05) is 7.11 Å². The minimum absolute atomic E-state index is 0.442. The molecule has 3 heteroatoms. The summed E-state index contributed by atoms with van der Waals surface area (Å²) < 4.78 is 6.09. The van der Waals surface area contributed by atoms with E-state index in [4.69, 9.17) is 4.74 Å². The van der Waals surface area contributed by atoms with Crippen molar-refractivity contribution >= 4 is 26.3 Å². The van der Waals surface area contributed by atoms with E-state index in [1.807, 2.05) is 24.3 Å². The Morgan fingerprint density at radius 1 is 1.29 bits per heavy atom. The van der Waals surface area contributed by atoms with Crippen LogP contribution in [0, 0.1) is 5.92 Å². The van der Waals surface area contributed by atoms with Gasteiger partial charge in [0.1, 0.15) is 0 Å². The van der Waals surface area contributed by atoms with Gasteiger partial charge in [-0.05, 0) is 0 Å². The van der Waals surface area contributed by atoms with Crippen molar-refractivity contribution in [1.29, 1.82) is 0 Å². The van der Waals surface area contributed by atoms with Crippen LogP contribution in [0.15, 0.2) is 29.3 Å². The van der Waals surface area contributed by atoms with Gasteiger partial charge in [0, 0.05) is 0 Å².